The van der Waals surface area contributed by atoms with Crippen LogP contribution in [0.5, 0.6) is 0 Å². The van der Waals surface area contributed by atoms with Crippen molar-refractivity contribution in [3.63, 3.8) is 0 Å². The van der Waals surface area contributed by atoms with Gasteiger partial charge in [-0.2, -0.15) is 0 Å². The van der Waals surface area contributed by atoms with E-state index in [0.717, 1.165) is 23.3 Å². The van der Waals surface area contributed by atoms with Crippen molar-refractivity contribution in [2.24, 2.45) is 17.3 Å². The fraction of sp³-hybridized carbons (Fsp3) is 0.769. The Labute approximate surface area is 101 Å². The number of aromatic nitrogens is 1. The van der Waals surface area contributed by atoms with E-state index in [0.29, 0.717) is 6.61 Å². The van der Waals surface area contributed by atoms with Crippen LogP contribution in [0.2, 0.25) is 0 Å². The second kappa shape index (κ2) is 3.81. The van der Waals surface area contributed by atoms with E-state index in [1.165, 1.54) is 31.4 Å². The standard InChI is InChI=1S/C13H19NOS/c1-9-14-12(7-16-9)6-13(8-15)5-10-2-3-11(13)4-10/h7,10-11,15H,2-6,8H2,1H3. The van der Waals surface area contributed by atoms with E-state index >= 15 is 0 Å². The Morgan fingerprint density at radius 2 is 2.44 bits per heavy atom. The van der Waals surface area contributed by atoms with Gasteiger partial charge in [0.2, 0.25) is 0 Å². The van der Waals surface area contributed by atoms with Gasteiger partial charge in [-0.05, 0) is 44.4 Å². The van der Waals surface area contributed by atoms with E-state index in [4.69, 9.17) is 0 Å². The molecule has 2 bridgehead atoms. The molecule has 2 fully saturated rings. The zero-order valence-electron chi connectivity index (χ0n) is 9.78. The van der Waals surface area contributed by atoms with E-state index in [1.807, 2.05) is 0 Å². The molecule has 0 radical (unpaired) electrons. The fourth-order valence-electron chi connectivity index (χ4n) is 3.87. The van der Waals surface area contributed by atoms with Gasteiger partial charge >= 0.3 is 0 Å². The summed E-state index contributed by atoms with van der Waals surface area (Å²) in [4.78, 5) is 4.56. The summed E-state index contributed by atoms with van der Waals surface area (Å²) in [7, 11) is 0. The molecular formula is C13H19NOS. The Kier molecular flexibility index (Phi) is 2.55. The summed E-state index contributed by atoms with van der Waals surface area (Å²) >= 11 is 1.72. The van der Waals surface area contributed by atoms with Crippen LogP contribution in [0.1, 0.15) is 36.4 Å². The maximum atomic E-state index is 9.78. The molecule has 1 heterocycles. The van der Waals surface area contributed by atoms with Crippen molar-refractivity contribution in [3.05, 3.63) is 16.1 Å². The van der Waals surface area contributed by atoms with Crippen LogP contribution in [-0.4, -0.2) is 16.7 Å². The maximum Gasteiger partial charge on any atom is 0.0897 e. The molecule has 0 aliphatic heterocycles. The van der Waals surface area contributed by atoms with Crippen LogP contribution >= 0.6 is 11.3 Å². The largest absolute Gasteiger partial charge is 0.396 e. The number of rotatable bonds is 3. The smallest absolute Gasteiger partial charge is 0.0897 e. The van der Waals surface area contributed by atoms with Gasteiger partial charge in [0.15, 0.2) is 0 Å². The molecular weight excluding hydrogens is 218 g/mol. The zero-order chi connectivity index (χ0) is 11.2. The van der Waals surface area contributed by atoms with Gasteiger partial charge in [-0.1, -0.05) is 6.42 Å². The average molecular weight is 237 g/mol. The first-order valence-electron chi connectivity index (χ1n) is 6.24. The third-order valence-electron chi connectivity index (χ3n) is 4.62. The van der Waals surface area contributed by atoms with Gasteiger partial charge in [0, 0.05) is 17.4 Å². The molecule has 3 rings (SSSR count). The Bertz CT molecular complexity index is 389. The van der Waals surface area contributed by atoms with Crippen molar-refractivity contribution < 1.29 is 5.11 Å². The molecule has 0 spiro atoms. The van der Waals surface area contributed by atoms with E-state index < -0.39 is 0 Å². The summed E-state index contributed by atoms with van der Waals surface area (Å²) in [6, 6.07) is 0. The molecule has 2 nitrogen and oxygen atoms in total. The van der Waals surface area contributed by atoms with Crippen LogP contribution < -0.4 is 0 Å². The van der Waals surface area contributed by atoms with Crippen LogP contribution in [0, 0.1) is 24.2 Å². The molecule has 1 aromatic heterocycles. The second-order valence-corrected chi connectivity index (χ2v) is 6.70. The summed E-state index contributed by atoms with van der Waals surface area (Å²) in [5.41, 5.74) is 1.37. The first-order chi connectivity index (χ1) is 7.72. The number of hydrogen-bond donors (Lipinski definition) is 1. The topological polar surface area (TPSA) is 33.1 Å². The van der Waals surface area contributed by atoms with Gasteiger partial charge in [-0.3, -0.25) is 0 Å². The lowest BCUT2D eigenvalue weighted by atomic mass is 9.71. The van der Waals surface area contributed by atoms with Gasteiger partial charge in [0.25, 0.3) is 0 Å². The average Bonchev–Trinajstić information content (AvgIpc) is 2.94. The Morgan fingerprint density at radius 1 is 1.56 bits per heavy atom. The lowest BCUT2D eigenvalue weighted by Crippen LogP contribution is -2.34. The van der Waals surface area contributed by atoms with Crippen molar-refractivity contribution in [3.8, 4) is 0 Å². The molecule has 88 valence electrons. The number of aliphatic hydroxyl groups excluding tert-OH is 1. The van der Waals surface area contributed by atoms with Gasteiger partial charge < -0.3 is 5.11 Å². The molecule has 0 saturated heterocycles. The molecule has 1 aromatic rings. The molecule has 3 atom stereocenters. The minimum absolute atomic E-state index is 0.170. The van der Waals surface area contributed by atoms with Crippen molar-refractivity contribution in [1.29, 1.82) is 0 Å². The molecule has 2 saturated carbocycles. The highest BCUT2D eigenvalue weighted by atomic mass is 32.1. The number of aliphatic hydroxyl groups is 1. The van der Waals surface area contributed by atoms with Gasteiger partial charge in [-0.25, -0.2) is 4.98 Å². The second-order valence-electron chi connectivity index (χ2n) is 5.64. The number of thiazole rings is 1. The molecule has 0 aromatic carbocycles. The minimum Gasteiger partial charge on any atom is -0.396 e. The minimum atomic E-state index is 0.170. The highest BCUT2D eigenvalue weighted by molar-refractivity contribution is 7.09. The predicted molar refractivity (Wildman–Crippen MR) is 65.5 cm³/mol. The molecule has 3 heteroatoms. The summed E-state index contributed by atoms with van der Waals surface area (Å²) in [5, 5.41) is 13.1. The summed E-state index contributed by atoms with van der Waals surface area (Å²) < 4.78 is 0. The highest BCUT2D eigenvalue weighted by Gasteiger charge is 2.50. The van der Waals surface area contributed by atoms with Gasteiger partial charge in [-0.15, -0.1) is 11.3 Å². The predicted octanol–water partition coefficient (Wildman–Crippen LogP) is 2.79. The first kappa shape index (κ1) is 10.7. The SMILES string of the molecule is Cc1nc(CC2(CO)CC3CCC2C3)cs1. The Morgan fingerprint density at radius 3 is 2.94 bits per heavy atom. The fourth-order valence-corrected chi connectivity index (χ4v) is 4.49. The lowest BCUT2D eigenvalue weighted by Gasteiger charge is -2.35. The van der Waals surface area contributed by atoms with Crippen LogP contribution in [0.25, 0.3) is 0 Å². The number of fused-ring (bicyclic) bond motifs is 2. The number of hydrogen-bond acceptors (Lipinski definition) is 3. The summed E-state index contributed by atoms with van der Waals surface area (Å²) in [6.45, 7) is 2.41. The maximum absolute atomic E-state index is 9.78. The number of aryl methyl sites for hydroxylation is 1. The van der Waals surface area contributed by atoms with Gasteiger partial charge in [0.1, 0.15) is 0 Å². The summed E-state index contributed by atoms with van der Waals surface area (Å²) in [6.07, 6.45) is 6.29. The van der Waals surface area contributed by atoms with Crippen LogP contribution in [0.15, 0.2) is 5.38 Å². The highest BCUT2D eigenvalue weighted by Crippen LogP contribution is 2.57. The molecule has 0 amide bonds. The molecule has 1 N–H and O–H groups in total. The molecule has 2 aliphatic rings. The van der Waals surface area contributed by atoms with Crippen LogP contribution in [0.3, 0.4) is 0 Å². The van der Waals surface area contributed by atoms with Crippen molar-refractivity contribution in [2.75, 3.05) is 6.61 Å². The molecule has 16 heavy (non-hydrogen) atoms. The number of nitrogens with zero attached hydrogens (tertiary/aromatic N) is 1. The third kappa shape index (κ3) is 1.61. The third-order valence-corrected chi connectivity index (χ3v) is 5.44. The summed E-state index contributed by atoms with van der Waals surface area (Å²) in [5.74, 6) is 1.64. The first-order valence-corrected chi connectivity index (χ1v) is 7.12. The quantitative estimate of drug-likeness (QED) is 0.877. The van der Waals surface area contributed by atoms with E-state index in [1.54, 1.807) is 11.3 Å². The molecule has 3 unspecified atom stereocenters. The zero-order valence-corrected chi connectivity index (χ0v) is 10.6. The van der Waals surface area contributed by atoms with Crippen LogP contribution in [-0.2, 0) is 6.42 Å². The van der Waals surface area contributed by atoms with Crippen molar-refractivity contribution in [1.82, 2.24) is 4.98 Å². The van der Waals surface area contributed by atoms with Crippen LogP contribution in [0.4, 0.5) is 0 Å². The monoisotopic (exact) mass is 237 g/mol. The Hall–Kier alpha value is -0.410. The van der Waals surface area contributed by atoms with Gasteiger partial charge in [0.05, 0.1) is 10.7 Å². The lowest BCUT2D eigenvalue weighted by molar-refractivity contribution is 0.0643. The normalized spacial score (nSPS) is 37.1. The van der Waals surface area contributed by atoms with Crippen molar-refractivity contribution >= 4 is 11.3 Å². The van der Waals surface area contributed by atoms with E-state index in [9.17, 15) is 5.11 Å². The van der Waals surface area contributed by atoms with E-state index in [2.05, 4.69) is 17.3 Å². The van der Waals surface area contributed by atoms with E-state index in [-0.39, 0.29) is 5.41 Å². The Balaban J connectivity index is 1.81. The molecule has 2 aliphatic carbocycles. The van der Waals surface area contributed by atoms with Crippen molar-refractivity contribution in [2.45, 2.75) is 39.0 Å².